The molecule has 0 aromatic heterocycles. The molecule has 0 unspecified atom stereocenters. The Balaban J connectivity index is 2.28. The second-order valence-electron chi connectivity index (χ2n) is 13.5. The average Bonchev–Trinajstić information content (AvgIpc) is 3.04. The van der Waals surface area contributed by atoms with Gasteiger partial charge in [-0.15, -0.1) is 0 Å². The van der Waals surface area contributed by atoms with Crippen LogP contribution in [0.4, 0.5) is 0 Å². The van der Waals surface area contributed by atoms with Gasteiger partial charge in [0.05, 0.1) is 46.8 Å². The van der Waals surface area contributed by atoms with Gasteiger partial charge in [-0.25, -0.2) is 0 Å². The van der Waals surface area contributed by atoms with Gasteiger partial charge < -0.3 is 41.1 Å². The van der Waals surface area contributed by atoms with Gasteiger partial charge in [-0.1, -0.05) is 45.9 Å². The van der Waals surface area contributed by atoms with Crippen molar-refractivity contribution in [1.82, 2.24) is 5.32 Å². The Kier molecular flexibility index (Phi) is 11.4. The number of carbonyl (C=O) groups excluding carboxylic acids is 4. The molecular formula is C36H47NO11. The summed E-state index contributed by atoms with van der Waals surface area (Å²) in [4.78, 5) is 54.5. The minimum Gasteiger partial charge on any atom is -0.507 e. The van der Waals surface area contributed by atoms with Gasteiger partial charge in [0, 0.05) is 40.4 Å². The molecule has 48 heavy (non-hydrogen) atoms. The molecule has 0 saturated heterocycles. The first-order chi connectivity index (χ1) is 22.1. The molecule has 0 fully saturated rings. The van der Waals surface area contributed by atoms with Crippen molar-refractivity contribution in [1.29, 1.82) is 0 Å². The van der Waals surface area contributed by atoms with Crippen LogP contribution in [0.2, 0.25) is 0 Å². The van der Waals surface area contributed by atoms with Crippen molar-refractivity contribution in [3.63, 3.8) is 0 Å². The van der Waals surface area contributed by atoms with Gasteiger partial charge in [-0.3, -0.25) is 19.2 Å². The zero-order valence-electron chi connectivity index (χ0n) is 28.7. The molecule has 4 bridgehead atoms. The normalized spacial score (nSPS) is 35.9. The number of phenols is 2. The quantitative estimate of drug-likeness (QED) is 0.201. The van der Waals surface area contributed by atoms with E-state index in [1.165, 1.54) is 60.6 Å². The summed E-state index contributed by atoms with van der Waals surface area (Å²) in [6.07, 6.45) is 0.0894. The lowest BCUT2D eigenvalue weighted by Gasteiger charge is -2.38. The van der Waals surface area contributed by atoms with Crippen LogP contribution in [-0.2, 0) is 4.79 Å². The fourth-order valence-corrected chi connectivity index (χ4v) is 6.39. The Morgan fingerprint density at radius 3 is 1.75 bits per heavy atom. The monoisotopic (exact) mass is 669 g/mol. The molecule has 0 spiro atoms. The third-order valence-corrected chi connectivity index (χ3v) is 9.86. The van der Waals surface area contributed by atoms with E-state index in [-0.39, 0.29) is 22.3 Å². The van der Waals surface area contributed by atoms with Crippen LogP contribution < -0.4 is 5.32 Å². The summed E-state index contributed by atoms with van der Waals surface area (Å²) in [5.74, 6) is -8.45. The summed E-state index contributed by atoms with van der Waals surface area (Å²) in [6.45, 7) is 12.6. The standard InChI is InChI=1S/C36H47NO11/c1-14-11-10-12-15(2)35(47)37-25-17(4)30(42)22-23(31(43)20(7)32(44)24(22)33(25)45)27(39)16(3)13-36(9,48)34(46)21(8)29(41)19(6)28(40)18(5)26(14)38/h10-14,18-19,21,26,28-29,34,38,40-41,43-44,46,48H,1-9H3,(H,37,47)/b11-10-,15-12+,16-13+/t14-,18-,19-,21+,26+,28-,29+,34+,36+/m1/s1. The number of rotatable bonds is 0. The van der Waals surface area contributed by atoms with Crippen molar-refractivity contribution >= 4 is 23.3 Å². The minimum atomic E-state index is -2.18. The zero-order chi connectivity index (χ0) is 36.7. The number of fused-ring (bicyclic) bond motifs is 15. The number of aromatic hydroxyl groups is 2. The number of hydrogen-bond acceptors (Lipinski definition) is 11. The van der Waals surface area contributed by atoms with Gasteiger partial charge in [-0.2, -0.15) is 0 Å². The van der Waals surface area contributed by atoms with E-state index in [2.05, 4.69) is 5.32 Å². The maximum atomic E-state index is 13.9. The highest BCUT2D eigenvalue weighted by Crippen LogP contribution is 2.43. The number of benzene rings is 1. The Bertz CT molecular complexity index is 1650. The van der Waals surface area contributed by atoms with Crippen LogP contribution in [0.15, 0.2) is 46.7 Å². The number of Topliss-reactive ketones (excluding diaryl/α,β-unsaturated/α-hetero) is 3. The number of carbonyl (C=O) groups is 4. The molecule has 2 heterocycles. The first kappa shape index (κ1) is 38.5. The van der Waals surface area contributed by atoms with Crippen molar-refractivity contribution in [3.8, 4) is 11.5 Å². The van der Waals surface area contributed by atoms with Crippen LogP contribution in [0.25, 0.3) is 0 Å². The first-order valence-electron chi connectivity index (χ1n) is 15.8. The third kappa shape index (κ3) is 6.94. The second-order valence-corrected chi connectivity index (χ2v) is 13.5. The highest BCUT2D eigenvalue weighted by molar-refractivity contribution is 6.32. The van der Waals surface area contributed by atoms with Crippen LogP contribution in [0, 0.1) is 30.6 Å². The predicted octanol–water partition coefficient (Wildman–Crippen LogP) is 2.56. The van der Waals surface area contributed by atoms with Crippen LogP contribution in [0.5, 0.6) is 11.5 Å². The largest absolute Gasteiger partial charge is 0.507 e. The summed E-state index contributed by atoms with van der Waals surface area (Å²) in [5, 5.41) is 80.1. The minimum absolute atomic E-state index is 0.116. The average molecular weight is 670 g/mol. The van der Waals surface area contributed by atoms with E-state index in [1.807, 2.05) is 0 Å². The molecule has 3 aliphatic rings. The van der Waals surface area contributed by atoms with Gasteiger partial charge in [0.2, 0.25) is 5.78 Å². The fraction of sp³-hybridized carbons (Fsp3) is 0.500. The lowest BCUT2D eigenvalue weighted by atomic mass is 9.76. The van der Waals surface area contributed by atoms with E-state index in [1.54, 1.807) is 19.9 Å². The third-order valence-electron chi connectivity index (χ3n) is 9.86. The van der Waals surface area contributed by atoms with Crippen LogP contribution in [-0.4, -0.2) is 89.0 Å². The van der Waals surface area contributed by atoms with Crippen molar-refractivity contribution in [2.45, 2.75) is 92.3 Å². The summed E-state index contributed by atoms with van der Waals surface area (Å²) in [5.41, 5.74) is -5.10. The smallest absolute Gasteiger partial charge is 0.251 e. The number of aliphatic hydroxyl groups is 5. The van der Waals surface area contributed by atoms with Crippen molar-refractivity contribution in [2.24, 2.45) is 23.7 Å². The number of aliphatic hydroxyl groups excluding tert-OH is 4. The molecule has 1 amide bonds. The number of ketones is 3. The molecule has 1 aromatic carbocycles. The Hall–Kier alpha value is -3.94. The van der Waals surface area contributed by atoms with Crippen LogP contribution in [0.3, 0.4) is 0 Å². The fourth-order valence-electron chi connectivity index (χ4n) is 6.39. The summed E-state index contributed by atoms with van der Waals surface area (Å²) in [6, 6.07) is 0. The van der Waals surface area contributed by atoms with Gasteiger partial charge in [0.1, 0.15) is 17.1 Å². The maximum absolute atomic E-state index is 13.9. The Morgan fingerprint density at radius 2 is 1.19 bits per heavy atom. The van der Waals surface area contributed by atoms with Crippen molar-refractivity contribution in [3.05, 3.63) is 69.0 Å². The molecular weight excluding hydrogens is 622 g/mol. The predicted molar refractivity (Wildman–Crippen MR) is 176 cm³/mol. The van der Waals surface area contributed by atoms with E-state index in [9.17, 15) is 54.9 Å². The van der Waals surface area contributed by atoms with E-state index in [0.29, 0.717) is 0 Å². The molecule has 2 aliphatic heterocycles. The zero-order valence-corrected chi connectivity index (χ0v) is 28.7. The van der Waals surface area contributed by atoms with E-state index < -0.39 is 111 Å². The molecule has 1 aliphatic carbocycles. The second kappa shape index (κ2) is 14.3. The van der Waals surface area contributed by atoms with E-state index in [4.69, 9.17) is 0 Å². The highest BCUT2D eigenvalue weighted by Gasteiger charge is 2.43. The maximum Gasteiger partial charge on any atom is 0.251 e. The van der Waals surface area contributed by atoms with Crippen molar-refractivity contribution in [2.75, 3.05) is 0 Å². The first-order valence-corrected chi connectivity index (χ1v) is 15.8. The highest BCUT2D eigenvalue weighted by atomic mass is 16.3. The SMILES string of the molecule is CC1=C2NC(=O)/C(C)=C/C=C\[C@@H](C)[C@H](O)[C@@H](C)[C@@H](O)[C@@H](C)[C@H](O)[C@H](C)[C@H](O)[C@@](C)(O)/C=C(\C)C(=O)c3c(O)c(C)c(O)c(c3C1=O)C2=O. The molecule has 1 aromatic rings. The van der Waals surface area contributed by atoms with Gasteiger partial charge in [0.25, 0.3) is 5.91 Å². The summed E-state index contributed by atoms with van der Waals surface area (Å²) < 4.78 is 0. The number of hydrogen-bond donors (Lipinski definition) is 8. The number of amides is 1. The Morgan fingerprint density at radius 1 is 0.688 bits per heavy atom. The van der Waals surface area contributed by atoms with E-state index in [0.717, 1.165) is 6.08 Å². The molecule has 262 valence electrons. The molecule has 8 N–H and O–H groups in total. The van der Waals surface area contributed by atoms with Crippen LogP contribution in [0.1, 0.15) is 92.0 Å². The van der Waals surface area contributed by atoms with Gasteiger partial charge in [0.15, 0.2) is 11.6 Å². The Labute approximate surface area is 279 Å². The molecule has 0 radical (unpaired) electrons. The van der Waals surface area contributed by atoms with Gasteiger partial charge in [-0.05, 0) is 46.3 Å². The van der Waals surface area contributed by atoms with Gasteiger partial charge >= 0.3 is 0 Å². The number of nitrogens with one attached hydrogen (secondary N) is 1. The summed E-state index contributed by atoms with van der Waals surface area (Å²) in [7, 11) is 0. The summed E-state index contributed by atoms with van der Waals surface area (Å²) >= 11 is 0. The van der Waals surface area contributed by atoms with E-state index >= 15 is 0 Å². The molecule has 0 saturated carbocycles. The topological polar surface area (TPSA) is 222 Å². The number of allylic oxidation sites excluding steroid dienone is 5. The molecule has 4 rings (SSSR count). The molecule has 12 heteroatoms. The lowest BCUT2D eigenvalue weighted by Crippen LogP contribution is -2.50. The molecule has 9 atom stereocenters. The number of phenolic OH excluding ortho intramolecular Hbond substituents is 2. The molecule has 12 nitrogen and oxygen atoms in total. The van der Waals surface area contributed by atoms with Crippen molar-refractivity contribution < 1.29 is 54.9 Å². The van der Waals surface area contributed by atoms with Crippen LogP contribution >= 0.6 is 0 Å². The lowest BCUT2D eigenvalue weighted by molar-refractivity contribution is -0.116.